The summed E-state index contributed by atoms with van der Waals surface area (Å²) in [6.07, 6.45) is -0.952. The summed E-state index contributed by atoms with van der Waals surface area (Å²) < 4.78 is 56.5. The molecular weight excluding hydrogens is 276 g/mol. The summed E-state index contributed by atoms with van der Waals surface area (Å²) in [5.41, 5.74) is -2.11. The molecule has 0 aromatic heterocycles. The third kappa shape index (κ3) is 3.29. The Hall–Kier alpha value is -1.59. The molecule has 110 valence electrons. The standard InChI is InChI=1S/C14H14F4O2/c15-12-10(7-4-8-11(12)14(16,17)18)13(19)20-9-5-2-1-3-6-9/h4,7-9H,1-3,5-6H2. The number of hydrogen-bond acceptors (Lipinski definition) is 2. The van der Waals surface area contributed by atoms with E-state index in [1.807, 2.05) is 0 Å². The van der Waals surface area contributed by atoms with Crippen molar-refractivity contribution in [3.63, 3.8) is 0 Å². The number of alkyl halides is 3. The molecule has 6 heteroatoms. The minimum atomic E-state index is -4.83. The lowest BCUT2D eigenvalue weighted by Crippen LogP contribution is -2.22. The van der Waals surface area contributed by atoms with Gasteiger partial charge in [-0.25, -0.2) is 9.18 Å². The molecular formula is C14H14F4O2. The van der Waals surface area contributed by atoms with Crippen molar-refractivity contribution in [2.24, 2.45) is 0 Å². The van der Waals surface area contributed by atoms with Crippen molar-refractivity contribution in [2.75, 3.05) is 0 Å². The predicted octanol–water partition coefficient (Wildman–Crippen LogP) is 4.33. The molecule has 1 aliphatic carbocycles. The fourth-order valence-electron chi connectivity index (χ4n) is 2.31. The van der Waals surface area contributed by atoms with Crippen LogP contribution in [-0.4, -0.2) is 12.1 Å². The summed E-state index contributed by atoms with van der Waals surface area (Å²) >= 11 is 0. The fraction of sp³-hybridized carbons (Fsp3) is 0.500. The smallest absolute Gasteiger partial charge is 0.419 e. The van der Waals surface area contributed by atoms with Gasteiger partial charge in [0.25, 0.3) is 0 Å². The first-order chi connectivity index (χ1) is 9.39. The number of benzene rings is 1. The Morgan fingerprint density at radius 1 is 1.15 bits per heavy atom. The van der Waals surface area contributed by atoms with E-state index in [0.29, 0.717) is 18.9 Å². The van der Waals surface area contributed by atoms with Crippen molar-refractivity contribution in [2.45, 2.75) is 44.4 Å². The van der Waals surface area contributed by atoms with Crippen LogP contribution in [0.2, 0.25) is 0 Å². The molecule has 0 spiro atoms. The molecule has 0 atom stereocenters. The van der Waals surface area contributed by atoms with Crippen LogP contribution in [0.15, 0.2) is 18.2 Å². The summed E-state index contributed by atoms with van der Waals surface area (Å²) in [5, 5.41) is 0. The average molecular weight is 290 g/mol. The van der Waals surface area contributed by atoms with Gasteiger partial charge in [-0.05, 0) is 37.8 Å². The number of carbonyl (C=O) groups is 1. The summed E-state index contributed by atoms with van der Waals surface area (Å²) in [6, 6.07) is 2.62. The lowest BCUT2D eigenvalue weighted by molar-refractivity contribution is -0.140. The number of ether oxygens (including phenoxy) is 1. The largest absolute Gasteiger partial charge is 0.459 e. The van der Waals surface area contributed by atoms with E-state index in [2.05, 4.69) is 0 Å². The summed E-state index contributed by atoms with van der Waals surface area (Å²) in [5.74, 6) is -2.60. The Labute approximate surface area is 113 Å². The molecule has 0 saturated heterocycles. The van der Waals surface area contributed by atoms with E-state index >= 15 is 0 Å². The lowest BCUT2D eigenvalue weighted by Gasteiger charge is -2.22. The molecule has 1 aromatic rings. The van der Waals surface area contributed by atoms with Crippen LogP contribution in [0.1, 0.15) is 48.0 Å². The summed E-state index contributed by atoms with van der Waals surface area (Å²) in [7, 11) is 0. The molecule has 0 radical (unpaired) electrons. The number of esters is 1. The molecule has 20 heavy (non-hydrogen) atoms. The van der Waals surface area contributed by atoms with Gasteiger partial charge in [-0.15, -0.1) is 0 Å². The zero-order valence-corrected chi connectivity index (χ0v) is 10.7. The van der Waals surface area contributed by atoms with Crippen LogP contribution >= 0.6 is 0 Å². The summed E-state index contributed by atoms with van der Waals surface area (Å²) in [6.45, 7) is 0. The molecule has 1 saturated carbocycles. The Morgan fingerprint density at radius 3 is 2.40 bits per heavy atom. The van der Waals surface area contributed by atoms with Gasteiger partial charge in [-0.1, -0.05) is 12.5 Å². The third-order valence-corrected chi connectivity index (χ3v) is 3.35. The molecule has 1 aromatic carbocycles. The van der Waals surface area contributed by atoms with Crippen LogP contribution < -0.4 is 0 Å². The first kappa shape index (κ1) is 14.8. The van der Waals surface area contributed by atoms with Gasteiger partial charge in [-0.2, -0.15) is 13.2 Å². The van der Waals surface area contributed by atoms with Gasteiger partial charge in [0.1, 0.15) is 11.9 Å². The molecule has 0 unspecified atom stereocenters. The van der Waals surface area contributed by atoms with Crippen molar-refractivity contribution in [1.82, 2.24) is 0 Å². The monoisotopic (exact) mass is 290 g/mol. The zero-order chi connectivity index (χ0) is 14.8. The Morgan fingerprint density at radius 2 is 1.80 bits per heavy atom. The highest BCUT2D eigenvalue weighted by atomic mass is 19.4. The third-order valence-electron chi connectivity index (χ3n) is 3.35. The van der Waals surface area contributed by atoms with E-state index in [4.69, 9.17) is 4.74 Å². The molecule has 0 amide bonds. The van der Waals surface area contributed by atoms with E-state index in [1.165, 1.54) is 0 Å². The minimum Gasteiger partial charge on any atom is -0.459 e. The molecule has 2 nitrogen and oxygen atoms in total. The van der Waals surface area contributed by atoms with E-state index < -0.39 is 29.1 Å². The molecule has 2 rings (SSSR count). The Balaban J connectivity index is 2.17. The Bertz CT molecular complexity index is 490. The van der Waals surface area contributed by atoms with Crippen molar-refractivity contribution in [1.29, 1.82) is 0 Å². The van der Waals surface area contributed by atoms with Crippen molar-refractivity contribution in [3.05, 3.63) is 35.1 Å². The predicted molar refractivity (Wildman–Crippen MR) is 63.7 cm³/mol. The topological polar surface area (TPSA) is 26.3 Å². The van der Waals surface area contributed by atoms with Crippen molar-refractivity contribution in [3.8, 4) is 0 Å². The van der Waals surface area contributed by atoms with Gasteiger partial charge in [-0.3, -0.25) is 0 Å². The normalized spacial score (nSPS) is 17.0. The van der Waals surface area contributed by atoms with Gasteiger partial charge in [0.2, 0.25) is 0 Å². The number of halogens is 4. The van der Waals surface area contributed by atoms with E-state index in [1.54, 1.807) is 0 Å². The number of hydrogen-bond donors (Lipinski definition) is 0. The van der Waals surface area contributed by atoms with Crippen LogP contribution in [-0.2, 0) is 10.9 Å². The van der Waals surface area contributed by atoms with Crippen molar-refractivity contribution >= 4 is 5.97 Å². The highest BCUT2D eigenvalue weighted by molar-refractivity contribution is 5.90. The van der Waals surface area contributed by atoms with Crippen LogP contribution in [0.25, 0.3) is 0 Å². The Kier molecular flexibility index (Phi) is 4.30. The molecule has 0 aliphatic heterocycles. The molecule has 1 aliphatic rings. The van der Waals surface area contributed by atoms with E-state index in [-0.39, 0.29) is 6.10 Å². The average Bonchev–Trinajstić information content (AvgIpc) is 2.38. The van der Waals surface area contributed by atoms with Gasteiger partial charge >= 0.3 is 12.1 Å². The molecule has 0 bridgehead atoms. The van der Waals surface area contributed by atoms with Crippen LogP contribution in [0.4, 0.5) is 17.6 Å². The maximum atomic E-state index is 13.8. The zero-order valence-electron chi connectivity index (χ0n) is 10.7. The van der Waals surface area contributed by atoms with Crippen LogP contribution in [0.3, 0.4) is 0 Å². The first-order valence-electron chi connectivity index (χ1n) is 6.46. The van der Waals surface area contributed by atoms with Crippen molar-refractivity contribution < 1.29 is 27.1 Å². The SMILES string of the molecule is O=C(OC1CCCCC1)c1cccc(C(F)(F)F)c1F. The highest BCUT2D eigenvalue weighted by Gasteiger charge is 2.36. The molecule has 1 fully saturated rings. The second-order valence-electron chi connectivity index (χ2n) is 4.83. The van der Waals surface area contributed by atoms with Gasteiger partial charge < -0.3 is 4.74 Å². The van der Waals surface area contributed by atoms with E-state index in [0.717, 1.165) is 31.4 Å². The first-order valence-corrected chi connectivity index (χ1v) is 6.46. The molecule has 0 heterocycles. The lowest BCUT2D eigenvalue weighted by atomic mass is 9.98. The minimum absolute atomic E-state index is 0.329. The fourth-order valence-corrected chi connectivity index (χ4v) is 2.31. The second kappa shape index (κ2) is 5.81. The maximum absolute atomic E-state index is 13.8. The quantitative estimate of drug-likeness (QED) is 0.598. The van der Waals surface area contributed by atoms with E-state index in [9.17, 15) is 22.4 Å². The number of rotatable bonds is 2. The van der Waals surface area contributed by atoms with Crippen LogP contribution in [0, 0.1) is 5.82 Å². The second-order valence-corrected chi connectivity index (χ2v) is 4.83. The van der Waals surface area contributed by atoms with Gasteiger partial charge in [0, 0.05) is 0 Å². The van der Waals surface area contributed by atoms with Gasteiger partial charge in [0.15, 0.2) is 0 Å². The molecule has 0 N–H and O–H groups in total. The van der Waals surface area contributed by atoms with Crippen LogP contribution in [0.5, 0.6) is 0 Å². The number of carbonyl (C=O) groups excluding carboxylic acids is 1. The van der Waals surface area contributed by atoms with Gasteiger partial charge in [0.05, 0.1) is 11.1 Å². The maximum Gasteiger partial charge on any atom is 0.419 e. The highest BCUT2D eigenvalue weighted by Crippen LogP contribution is 2.32. The summed E-state index contributed by atoms with van der Waals surface area (Å²) in [4.78, 5) is 11.8.